The summed E-state index contributed by atoms with van der Waals surface area (Å²) in [4.78, 5) is 12.9. The van der Waals surface area contributed by atoms with Gasteiger partial charge in [-0.1, -0.05) is 19.1 Å². The minimum Gasteiger partial charge on any atom is -0.493 e. The van der Waals surface area contributed by atoms with Crippen LogP contribution in [0.15, 0.2) is 42.7 Å². The van der Waals surface area contributed by atoms with Gasteiger partial charge in [0.15, 0.2) is 17.3 Å². The van der Waals surface area contributed by atoms with Crippen LogP contribution in [-0.4, -0.2) is 30.9 Å². The second-order valence-electron chi connectivity index (χ2n) is 7.08. The highest BCUT2D eigenvalue weighted by Crippen LogP contribution is 2.61. The minimum absolute atomic E-state index is 0.0440. The van der Waals surface area contributed by atoms with Gasteiger partial charge in [0, 0.05) is 11.3 Å². The Morgan fingerprint density at radius 3 is 2.84 bits per heavy atom. The van der Waals surface area contributed by atoms with Crippen molar-refractivity contribution >= 4 is 5.78 Å². The van der Waals surface area contributed by atoms with Crippen molar-refractivity contribution < 1.29 is 24.1 Å². The van der Waals surface area contributed by atoms with Crippen molar-refractivity contribution in [2.24, 2.45) is 17.3 Å². The predicted molar refractivity (Wildman–Crippen MR) is 91.3 cm³/mol. The van der Waals surface area contributed by atoms with Gasteiger partial charge in [0.1, 0.15) is 0 Å². The third kappa shape index (κ3) is 2.08. The Kier molecular flexibility index (Phi) is 3.65. The van der Waals surface area contributed by atoms with Crippen molar-refractivity contribution in [1.82, 2.24) is 0 Å². The average Bonchev–Trinajstić information content (AvgIpc) is 3.13. The Labute approximate surface area is 146 Å². The molecule has 5 atom stereocenters. The maximum Gasteiger partial charge on any atom is 0.231 e. The number of aliphatic hydroxyl groups excluding tert-OH is 1. The minimum atomic E-state index is -0.762. The van der Waals surface area contributed by atoms with E-state index in [1.807, 2.05) is 24.3 Å². The fraction of sp³-hybridized carbons (Fsp3) is 0.450. The molecule has 1 N–H and O–H groups in total. The summed E-state index contributed by atoms with van der Waals surface area (Å²) >= 11 is 0. The molecular weight excluding hydrogens is 320 g/mol. The van der Waals surface area contributed by atoms with Crippen molar-refractivity contribution in [1.29, 1.82) is 0 Å². The molecule has 0 amide bonds. The van der Waals surface area contributed by atoms with Crippen LogP contribution in [0.4, 0.5) is 0 Å². The maximum atomic E-state index is 12.9. The fourth-order valence-electron chi connectivity index (χ4n) is 4.84. The summed E-state index contributed by atoms with van der Waals surface area (Å²) in [5.74, 6) is 0.985. The third-order valence-electron chi connectivity index (χ3n) is 6.11. The molecule has 2 unspecified atom stereocenters. The monoisotopic (exact) mass is 342 g/mol. The van der Waals surface area contributed by atoms with Gasteiger partial charge in [-0.2, -0.15) is 0 Å². The van der Waals surface area contributed by atoms with Gasteiger partial charge >= 0.3 is 0 Å². The lowest BCUT2D eigenvalue weighted by molar-refractivity contribution is -0.128. The number of rotatable bonds is 4. The van der Waals surface area contributed by atoms with Crippen LogP contribution < -0.4 is 9.47 Å². The Hall–Kier alpha value is -2.27. The summed E-state index contributed by atoms with van der Waals surface area (Å²) in [6, 6.07) is 5.76. The van der Waals surface area contributed by atoms with Crippen molar-refractivity contribution in [2.75, 3.05) is 13.9 Å². The van der Waals surface area contributed by atoms with Crippen LogP contribution in [0.3, 0.4) is 0 Å². The molecule has 3 aliphatic rings. The highest BCUT2D eigenvalue weighted by Gasteiger charge is 2.62. The number of fused-ring (bicyclic) bond motifs is 3. The van der Waals surface area contributed by atoms with Crippen LogP contribution in [0.1, 0.15) is 24.8 Å². The lowest BCUT2D eigenvalue weighted by atomic mass is 9.70. The fourth-order valence-corrected chi connectivity index (χ4v) is 4.84. The summed E-state index contributed by atoms with van der Waals surface area (Å²) < 4.78 is 16.2. The van der Waals surface area contributed by atoms with Crippen molar-refractivity contribution in [3.63, 3.8) is 0 Å². The number of hydrogen-bond acceptors (Lipinski definition) is 5. The second-order valence-corrected chi connectivity index (χ2v) is 7.08. The predicted octanol–water partition coefficient (Wildman–Crippen LogP) is 2.80. The summed E-state index contributed by atoms with van der Waals surface area (Å²) in [5, 5.41) is 11.0. The van der Waals surface area contributed by atoms with Crippen molar-refractivity contribution in [2.45, 2.75) is 25.4 Å². The SMILES string of the molecule is C=CC[C@]12C=C(OC)C(=O)[C@@H](C(c3ccc4c(c3)OCO4)[C@H]1C)C2O. The molecule has 1 heterocycles. The van der Waals surface area contributed by atoms with Gasteiger partial charge in [-0.15, -0.1) is 6.58 Å². The number of allylic oxidation sites excluding steroid dienone is 2. The zero-order valence-electron chi connectivity index (χ0n) is 14.4. The Morgan fingerprint density at radius 2 is 2.12 bits per heavy atom. The van der Waals surface area contributed by atoms with E-state index in [1.54, 1.807) is 6.08 Å². The highest BCUT2D eigenvalue weighted by atomic mass is 16.7. The molecule has 1 aromatic rings. The van der Waals surface area contributed by atoms with Crippen LogP contribution in [0, 0.1) is 17.3 Å². The van der Waals surface area contributed by atoms with Gasteiger partial charge in [-0.3, -0.25) is 4.79 Å². The van der Waals surface area contributed by atoms with Crippen LogP contribution >= 0.6 is 0 Å². The van der Waals surface area contributed by atoms with E-state index in [-0.39, 0.29) is 24.4 Å². The van der Waals surface area contributed by atoms with Crippen molar-refractivity contribution in [3.05, 3.63) is 48.3 Å². The number of carbonyl (C=O) groups is 1. The van der Waals surface area contributed by atoms with Crippen LogP contribution in [0.2, 0.25) is 0 Å². The standard InChI is InChI=1S/C20H22O5/c1-4-7-20-9-15(23-3)18(21)17(19(20)22)16(11(20)2)12-5-6-13-14(8-12)25-10-24-13/h4-6,8-9,11,16-17,19,22H,1,7,10H2,2-3H3/t11-,16?,17-,19?,20+/m1/s1. The van der Waals surface area contributed by atoms with Crippen LogP contribution in [0.25, 0.3) is 0 Å². The molecule has 1 fully saturated rings. The molecule has 25 heavy (non-hydrogen) atoms. The van der Waals surface area contributed by atoms with E-state index in [4.69, 9.17) is 14.2 Å². The molecule has 132 valence electrons. The number of ketones is 1. The Bertz CT molecular complexity index is 767. The first-order valence-corrected chi connectivity index (χ1v) is 8.53. The number of benzene rings is 1. The maximum absolute atomic E-state index is 12.9. The summed E-state index contributed by atoms with van der Waals surface area (Å²) in [5.41, 5.74) is 0.429. The Morgan fingerprint density at radius 1 is 1.36 bits per heavy atom. The molecule has 0 saturated heterocycles. The number of ether oxygens (including phenoxy) is 3. The summed E-state index contributed by atoms with van der Waals surface area (Å²) in [6.07, 6.45) is 3.45. The number of methoxy groups -OCH3 is 1. The van der Waals surface area contributed by atoms with Gasteiger partial charge in [0.05, 0.1) is 19.1 Å². The van der Waals surface area contributed by atoms with E-state index in [0.717, 1.165) is 5.56 Å². The average molecular weight is 342 g/mol. The van der Waals surface area contributed by atoms with Crippen LogP contribution in [0.5, 0.6) is 11.5 Å². The molecule has 0 aromatic heterocycles. The van der Waals surface area contributed by atoms with Gasteiger partial charge in [0.25, 0.3) is 0 Å². The van der Waals surface area contributed by atoms with Gasteiger partial charge in [-0.05, 0) is 36.1 Å². The molecule has 0 radical (unpaired) electrons. The molecule has 1 aliphatic heterocycles. The zero-order valence-corrected chi connectivity index (χ0v) is 14.4. The van der Waals surface area contributed by atoms with E-state index in [2.05, 4.69) is 13.5 Å². The number of hydrogen-bond donors (Lipinski definition) is 1. The van der Waals surface area contributed by atoms with Crippen molar-refractivity contribution in [3.8, 4) is 11.5 Å². The lowest BCUT2D eigenvalue weighted by Gasteiger charge is -2.36. The summed E-state index contributed by atoms with van der Waals surface area (Å²) in [6.45, 7) is 6.14. The number of aliphatic hydroxyl groups is 1. The molecule has 2 aliphatic carbocycles. The van der Waals surface area contributed by atoms with Gasteiger partial charge in [0.2, 0.25) is 12.6 Å². The number of Topliss-reactive ketones (excluding diaryl/α,β-unsaturated/α-hetero) is 1. The van der Waals surface area contributed by atoms with Gasteiger partial charge in [-0.25, -0.2) is 0 Å². The molecule has 2 bridgehead atoms. The lowest BCUT2D eigenvalue weighted by Crippen LogP contribution is -2.42. The molecule has 1 aromatic carbocycles. The largest absolute Gasteiger partial charge is 0.493 e. The summed E-state index contributed by atoms with van der Waals surface area (Å²) in [7, 11) is 1.50. The van der Waals surface area contributed by atoms with E-state index in [9.17, 15) is 9.90 Å². The normalized spacial score (nSPS) is 35.5. The third-order valence-corrected chi connectivity index (χ3v) is 6.11. The Balaban J connectivity index is 1.83. The van der Waals surface area contributed by atoms with E-state index < -0.39 is 17.4 Å². The van der Waals surface area contributed by atoms with E-state index in [1.165, 1.54) is 7.11 Å². The molecule has 0 spiro atoms. The molecule has 1 saturated carbocycles. The second kappa shape index (κ2) is 5.63. The smallest absolute Gasteiger partial charge is 0.231 e. The van der Waals surface area contributed by atoms with Gasteiger partial charge < -0.3 is 19.3 Å². The number of carbonyl (C=O) groups excluding carboxylic acids is 1. The first-order valence-electron chi connectivity index (χ1n) is 8.53. The topological polar surface area (TPSA) is 65.0 Å². The molecule has 4 rings (SSSR count). The van der Waals surface area contributed by atoms with E-state index in [0.29, 0.717) is 23.7 Å². The van der Waals surface area contributed by atoms with Crippen LogP contribution in [-0.2, 0) is 9.53 Å². The molecule has 5 nitrogen and oxygen atoms in total. The first kappa shape index (κ1) is 16.2. The zero-order chi connectivity index (χ0) is 17.8. The quantitative estimate of drug-likeness (QED) is 0.853. The highest BCUT2D eigenvalue weighted by molar-refractivity contribution is 5.98. The molecular formula is C20H22O5. The van der Waals surface area contributed by atoms with E-state index >= 15 is 0 Å². The molecule has 5 heteroatoms. The first-order chi connectivity index (χ1) is 12.0.